The molecule has 0 radical (unpaired) electrons. The molecule has 2 bridgehead atoms. The summed E-state index contributed by atoms with van der Waals surface area (Å²) in [5.41, 5.74) is 20.7. The minimum Gasteiger partial charge on any atom is -0.468 e. The van der Waals surface area contributed by atoms with Crippen LogP contribution in [0.2, 0.25) is 0 Å². The predicted octanol–water partition coefficient (Wildman–Crippen LogP) is 13.3. The number of hydrogen-bond donors (Lipinski definition) is 0. The van der Waals surface area contributed by atoms with Crippen molar-refractivity contribution in [3.8, 4) is 0 Å². The fourth-order valence-corrected chi connectivity index (χ4v) is 14.7. The van der Waals surface area contributed by atoms with Crippen LogP contribution >= 0.6 is 0 Å². The van der Waals surface area contributed by atoms with E-state index in [0.29, 0.717) is 5.41 Å². The van der Waals surface area contributed by atoms with E-state index in [0.717, 1.165) is 29.0 Å². The van der Waals surface area contributed by atoms with Gasteiger partial charge in [-0.15, -0.1) is 0 Å². The highest BCUT2D eigenvalue weighted by Gasteiger charge is 2.61. The fourth-order valence-electron chi connectivity index (χ4n) is 14.7. The van der Waals surface area contributed by atoms with E-state index in [1.54, 1.807) is 5.56 Å². The molecule has 3 saturated carbocycles. The van der Waals surface area contributed by atoms with Crippen LogP contribution in [-0.2, 0) is 27.1 Å². The van der Waals surface area contributed by atoms with Crippen LogP contribution in [0.15, 0.2) is 101 Å². The third kappa shape index (κ3) is 4.83. The Labute approximate surface area is 364 Å². The van der Waals surface area contributed by atoms with Crippen molar-refractivity contribution in [3.63, 3.8) is 0 Å². The van der Waals surface area contributed by atoms with Crippen molar-refractivity contribution < 1.29 is 4.42 Å². The summed E-state index contributed by atoms with van der Waals surface area (Å²) >= 11 is 0. The van der Waals surface area contributed by atoms with Crippen LogP contribution in [0, 0.1) is 17.8 Å². The number of benzene rings is 5. The SMILES string of the molecule is CC1(C)CCC(C)(C)c2cc(N3c4cc5c(cc4B4c6oc7ccc([C@@]89CC%10CCC(C8)C9C%10)cc7c6N(c6ccccc6)c6cccc3c64)C(C)(C)CCC5(C)C)ccc21. The molecule has 0 saturated heterocycles. The number of rotatable bonds is 3. The number of fused-ring (bicyclic) bond motifs is 9. The molecule has 3 fully saturated rings. The van der Waals surface area contributed by atoms with Crippen LogP contribution in [0.4, 0.5) is 34.1 Å². The molecule has 1 aromatic heterocycles. The van der Waals surface area contributed by atoms with Gasteiger partial charge in [0.05, 0.1) is 11.3 Å². The smallest absolute Gasteiger partial charge is 0.297 e. The van der Waals surface area contributed by atoms with Crippen molar-refractivity contribution >= 4 is 68.4 Å². The number of anilines is 6. The monoisotopic (exact) mass is 800 g/mol. The van der Waals surface area contributed by atoms with Gasteiger partial charge < -0.3 is 14.2 Å². The van der Waals surface area contributed by atoms with Crippen molar-refractivity contribution in [2.24, 2.45) is 17.8 Å². The average Bonchev–Trinajstić information content (AvgIpc) is 3.61. The number of nitrogens with zero attached hydrogens (tertiary/aromatic N) is 2. The number of hydrogen-bond acceptors (Lipinski definition) is 3. The molecule has 0 spiro atoms. The highest BCUT2D eigenvalue weighted by molar-refractivity contribution is 7.00. The fraction of sp³-hybridized carbons (Fsp3) is 0.439. The molecule has 5 aromatic carbocycles. The van der Waals surface area contributed by atoms with Gasteiger partial charge in [-0.25, -0.2) is 0 Å². The molecule has 3 nitrogen and oxygen atoms in total. The van der Waals surface area contributed by atoms with Crippen molar-refractivity contribution in [2.75, 3.05) is 9.80 Å². The van der Waals surface area contributed by atoms with Gasteiger partial charge in [0.15, 0.2) is 0 Å². The van der Waals surface area contributed by atoms with Gasteiger partial charge in [-0.2, -0.15) is 0 Å². The summed E-state index contributed by atoms with van der Waals surface area (Å²) in [6, 6.07) is 38.5. The van der Waals surface area contributed by atoms with Crippen LogP contribution in [0.3, 0.4) is 0 Å². The Morgan fingerprint density at radius 1 is 0.574 bits per heavy atom. The first kappa shape index (κ1) is 36.9. The molecule has 4 atom stereocenters. The Morgan fingerprint density at radius 2 is 1.25 bits per heavy atom. The van der Waals surface area contributed by atoms with E-state index >= 15 is 0 Å². The van der Waals surface area contributed by atoms with Crippen LogP contribution < -0.4 is 26.4 Å². The quantitative estimate of drug-likeness (QED) is 0.166. The molecule has 61 heavy (non-hydrogen) atoms. The van der Waals surface area contributed by atoms with Crippen molar-refractivity contribution in [1.29, 1.82) is 0 Å². The average molecular weight is 801 g/mol. The van der Waals surface area contributed by atoms with E-state index < -0.39 is 0 Å². The van der Waals surface area contributed by atoms with E-state index in [4.69, 9.17) is 4.42 Å². The third-order valence-electron chi connectivity index (χ3n) is 18.3. The minimum absolute atomic E-state index is 0.0423. The van der Waals surface area contributed by atoms with Gasteiger partial charge in [0.2, 0.25) is 0 Å². The van der Waals surface area contributed by atoms with E-state index in [9.17, 15) is 0 Å². The summed E-state index contributed by atoms with van der Waals surface area (Å²) in [4.78, 5) is 5.22. The number of para-hydroxylation sites is 1. The van der Waals surface area contributed by atoms with Crippen LogP contribution in [0.1, 0.15) is 141 Å². The maximum atomic E-state index is 7.44. The lowest BCUT2D eigenvalue weighted by molar-refractivity contribution is 0.0482. The van der Waals surface area contributed by atoms with Crippen LogP contribution in [0.5, 0.6) is 0 Å². The maximum absolute atomic E-state index is 7.44. The highest BCUT2D eigenvalue weighted by Crippen LogP contribution is 2.68. The molecular formula is C57H61BN2O. The predicted molar refractivity (Wildman–Crippen MR) is 256 cm³/mol. The molecule has 3 unspecified atom stereocenters. The Bertz CT molecular complexity index is 2860. The first-order valence-corrected chi connectivity index (χ1v) is 23.8. The van der Waals surface area contributed by atoms with Crippen LogP contribution in [0.25, 0.3) is 11.0 Å². The van der Waals surface area contributed by atoms with Gasteiger partial charge in [0.25, 0.3) is 6.71 Å². The molecule has 308 valence electrons. The molecule has 0 amide bonds. The second-order valence-electron chi connectivity index (χ2n) is 23.5. The van der Waals surface area contributed by atoms with Crippen molar-refractivity contribution in [1.82, 2.24) is 0 Å². The van der Waals surface area contributed by atoms with Gasteiger partial charge in [0.1, 0.15) is 5.58 Å². The van der Waals surface area contributed by atoms with Gasteiger partial charge in [-0.05, 0) is 190 Å². The molecule has 0 N–H and O–H groups in total. The van der Waals surface area contributed by atoms with E-state index in [1.807, 2.05) is 0 Å². The standard InChI is InChI=1S/C57H61BN2O/c1-53(2)23-24-54(3,4)42-29-38(20-21-40(42)53)59-46-15-12-16-47-50(46)58(45-30-43-44(31-48(45)59)56(7,8)26-25-55(43,5)6)52-51(60(47)37-13-10-9-11-14-37)39-28-36(19-22-49(39)61-52)57-32-34-17-18-35(33-57)41(57)27-34/h9-16,19-22,28-31,34-35,41H,17-18,23-27,32-33H2,1-8H3/t34?,35?,41?,57-/m1/s1. The molecule has 13 rings (SSSR count). The Kier molecular flexibility index (Phi) is 7.17. The topological polar surface area (TPSA) is 19.6 Å². The van der Waals surface area contributed by atoms with E-state index in [2.05, 4.69) is 162 Å². The zero-order valence-corrected chi connectivity index (χ0v) is 37.7. The second kappa shape index (κ2) is 11.9. The Hall–Kier alpha value is -4.70. The normalized spacial score (nSPS) is 27.4. The molecule has 2 aliphatic heterocycles. The number of furan rings is 1. The summed E-state index contributed by atoms with van der Waals surface area (Å²) in [6.07, 6.45) is 11.8. The second-order valence-corrected chi connectivity index (χ2v) is 23.5. The van der Waals surface area contributed by atoms with Gasteiger partial charge in [-0.1, -0.05) is 104 Å². The van der Waals surface area contributed by atoms with Crippen LogP contribution in [-0.4, -0.2) is 6.71 Å². The molecule has 3 heterocycles. The zero-order chi connectivity index (χ0) is 41.6. The molecule has 6 aromatic rings. The van der Waals surface area contributed by atoms with Crippen molar-refractivity contribution in [3.05, 3.63) is 125 Å². The van der Waals surface area contributed by atoms with E-state index in [-0.39, 0.29) is 28.4 Å². The summed E-state index contributed by atoms with van der Waals surface area (Å²) in [6.45, 7) is 19.7. The van der Waals surface area contributed by atoms with Crippen molar-refractivity contribution in [2.45, 2.75) is 140 Å². The molecular weight excluding hydrogens is 739 g/mol. The summed E-state index contributed by atoms with van der Waals surface area (Å²) < 4.78 is 7.44. The van der Waals surface area contributed by atoms with Gasteiger partial charge in [-0.3, -0.25) is 0 Å². The molecule has 7 aliphatic rings. The first-order valence-electron chi connectivity index (χ1n) is 23.8. The molecule has 5 aliphatic carbocycles. The lowest BCUT2D eigenvalue weighted by atomic mass is 9.35. The Morgan fingerprint density at radius 3 is 1.98 bits per heavy atom. The third-order valence-corrected chi connectivity index (χ3v) is 18.3. The van der Waals surface area contributed by atoms with Gasteiger partial charge >= 0.3 is 0 Å². The molecule has 4 heteroatoms. The lowest BCUT2D eigenvalue weighted by Crippen LogP contribution is -2.61. The lowest BCUT2D eigenvalue weighted by Gasteiger charge is -2.52. The summed E-state index contributed by atoms with van der Waals surface area (Å²) in [7, 11) is 0. The van der Waals surface area contributed by atoms with E-state index in [1.165, 1.54) is 130 Å². The summed E-state index contributed by atoms with van der Waals surface area (Å²) in [5.74, 6) is 2.68. The first-order chi connectivity index (χ1) is 29.2. The Balaban J connectivity index is 1.10. The summed E-state index contributed by atoms with van der Waals surface area (Å²) in [5, 5.41) is 1.27. The maximum Gasteiger partial charge on any atom is 0.297 e. The highest BCUT2D eigenvalue weighted by atomic mass is 16.3. The largest absolute Gasteiger partial charge is 0.468 e. The van der Waals surface area contributed by atoms with Gasteiger partial charge in [0, 0.05) is 33.8 Å². The zero-order valence-electron chi connectivity index (χ0n) is 37.7. The minimum atomic E-state index is -0.0423.